The molecule has 0 spiro atoms. The van der Waals surface area contributed by atoms with Crippen LogP contribution in [0.15, 0.2) is 12.3 Å². The zero-order valence-electron chi connectivity index (χ0n) is 10.7. The Morgan fingerprint density at radius 1 is 1.47 bits per heavy atom. The number of carbonyl (C=O) groups excluding carboxylic acids is 1. The first kappa shape index (κ1) is 13.6. The minimum atomic E-state index is 0.0753. The molecule has 0 saturated heterocycles. The lowest BCUT2D eigenvalue weighted by molar-refractivity contribution is -0.121. The molecule has 17 heavy (non-hydrogen) atoms. The average Bonchev–Trinajstić information content (AvgIpc) is 2.23. The number of amides is 1. The maximum atomic E-state index is 11.3. The molecule has 0 bridgehead atoms. The van der Waals surface area contributed by atoms with E-state index < -0.39 is 0 Å². The highest BCUT2D eigenvalue weighted by atomic mass is 16.1. The first-order valence-electron chi connectivity index (χ1n) is 5.86. The molecular formula is C12H20N4O. The minimum absolute atomic E-state index is 0.0753. The zero-order valence-corrected chi connectivity index (χ0v) is 10.7. The van der Waals surface area contributed by atoms with Crippen LogP contribution in [-0.2, 0) is 11.3 Å². The van der Waals surface area contributed by atoms with Gasteiger partial charge in [0.1, 0.15) is 5.82 Å². The van der Waals surface area contributed by atoms with Gasteiger partial charge in [-0.3, -0.25) is 4.79 Å². The van der Waals surface area contributed by atoms with Crippen LogP contribution in [0.2, 0.25) is 0 Å². The van der Waals surface area contributed by atoms with Gasteiger partial charge in [-0.25, -0.2) is 9.97 Å². The molecule has 5 nitrogen and oxygen atoms in total. The minimum Gasteiger partial charge on any atom is -0.354 e. The van der Waals surface area contributed by atoms with Gasteiger partial charge >= 0.3 is 0 Å². The van der Waals surface area contributed by atoms with Crippen LogP contribution in [0.3, 0.4) is 0 Å². The van der Waals surface area contributed by atoms with Crippen molar-refractivity contribution >= 4 is 5.91 Å². The standard InChI is InChI=1S/C12H20N4O/c1-9(2)15-12(17)5-6-13-8-11-4-7-14-10(3)16-11/h4,7,9,13H,5-6,8H2,1-3H3,(H,15,17). The summed E-state index contributed by atoms with van der Waals surface area (Å²) in [5.74, 6) is 0.841. The molecule has 1 amide bonds. The Morgan fingerprint density at radius 2 is 2.24 bits per heavy atom. The highest BCUT2D eigenvalue weighted by Crippen LogP contribution is 1.93. The first-order valence-corrected chi connectivity index (χ1v) is 5.86. The van der Waals surface area contributed by atoms with Crippen LogP contribution in [0, 0.1) is 6.92 Å². The van der Waals surface area contributed by atoms with Crippen molar-refractivity contribution in [1.29, 1.82) is 0 Å². The number of carbonyl (C=O) groups is 1. The monoisotopic (exact) mass is 236 g/mol. The Morgan fingerprint density at radius 3 is 2.88 bits per heavy atom. The normalized spacial score (nSPS) is 10.6. The summed E-state index contributed by atoms with van der Waals surface area (Å²) in [6, 6.07) is 2.07. The van der Waals surface area contributed by atoms with Crippen molar-refractivity contribution in [2.24, 2.45) is 0 Å². The third-order valence-electron chi connectivity index (χ3n) is 2.12. The van der Waals surface area contributed by atoms with Gasteiger partial charge in [0, 0.05) is 31.7 Å². The van der Waals surface area contributed by atoms with Gasteiger partial charge in [-0.1, -0.05) is 0 Å². The number of hydrogen-bond donors (Lipinski definition) is 2. The molecule has 0 aliphatic rings. The van der Waals surface area contributed by atoms with Crippen molar-refractivity contribution in [3.63, 3.8) is 0 Å². The summed E-state index contributed by atoms with van der Waals surface area (Å²) in [5, 5.41) is 6.03. The maximum Gasteiger partial charge on any atom is 0.221 e. The Balaban J connectivity index is 2.18. The van der Waals surface area contributed by atoms with E-state index in [9.17, 15) is 4.79 Å². The van der Waals surface area contributed by atoms with Crippen molar-refractivity contribution in [1.82, 2.24) is 20.6 Å². The highest BCUT2D eigenvalue weighted by Gasteiger charge is 2.02. The second kappa shape index (κ2) is 6.96. The predicted octanol–water partition coefficient (Wildman–Crippen LogP) is 0.789. The number of aryl methyl sites for hydroxylation is 1. The van der Waals surface area contributed by atoms with Gasteiger partial charge in [-0.15, -0.1) is 0 Å². The predicted molar refractivity (Wildman–Crippen MR) is 66.4 cm³/mol. The summed E-state index contributed by atoms with van der Waals surface area (Å²) in [6.07, 6.45) is 2.23. The molecule has 5 heteroatoms. The Kier molecular flexibility index (Phi) is 5.56. The van der Waals surface area contributed by atoms with Gasteiger partial charge < -0.3 is 10.6 Å². The zero-order chi connectivity index (χ0) is 12.7. The second-order valence-corrected chi connectivity index (χ2v) is 4.24. The Hall–Kier alpha value is -1.49. The lowest BCUT2D eigenvalue weighted by Crippen LogP contribution is -2.32. The third-order valence-corrected chi connectivity index (χ3v) is 2.12. The fourth-order valence-corrected chi connectivity index (χ4v) is 1.42. The molecule has 1 aromatic rings. The largest absolute Gasteiger partial charge is 0.354 e. The van der Waals surface area contributed by atoms with Crippen molar-refractivity contribution in [2.45, 2.75) is 39.8 Å². The van der Waals surface area contributed by atoms with Crippen LogP contribution in [0.5, 0.6) is 0 Å². The molecule has 0 saturated carbocycles. The van der Waals surface area contributed by atoms with Crippen molar-refractivity contribution < 1.29 is 4.79 Å². The van der Waals surface area contributed by atoms with Crippen LogP contribution in [0.1, 0.15) is 31.8 Å². The second-order valence-electron chi connectivity index (χ2n) is 4.24. The Labute approximate surface area is 102 Å². The molecule has 0 atom stereocenters. The van der Waals surface area contributed by atoms with E-state index in [4.69, 9.17) is 0 Å². The number of nitrogens with zero attached hydrogens (tertiary/aromatic N) is 2. The molecular weight excluding hydrogens is 216 g/mol. The average molecular weight is 236 g/mol. The summed E-state index contributed by atoms with van der Waals surface area (Å²) >= 11 is 0. The summed E-state index contributed by atoms with van der Waals surface area (Å²) in [4.78, 5) is 19.6. The number of aromatic nitrogens is 2. The van der Waals surface area contributed by atoms with E-state index in [2.05, 4.69) is 20.6 Å². The highest BCUT2D eigenvalue weighted by molar-refractivity contribution is 5.76. The summed E-state index contributed by atoms with van der Waals surface area (Å²) < 4.78 is 0. The molecule has 1 rings (SSSR count). The molecule has 0 unspecified atom stereocenters. The molecule has 0 radical (unpaired) electrons. The molecule has 0 aliphatic heterocycles. The van der Waals surface area contributed by atoms with Crippen molar-refractivity contribution in [2.75, 3.05) is 6.54 Å². The van der Waals surface area contributed by atoms with E-state index >= 15 is 0 Å². The van der Waals surface area contributed by atoms with Crippen LogP contribution >= 0.6 is 0 Å². The smallest absolute Gasteiger partial charge is 0.221 e. The Bertz CT molecular complexity index is 365. The maximum absolute atomic E-state index is 11.3. The number of hydrogen-bond acceptors (Lipinski definition) is 4. The molecule has 2 N–H and O–H groups in total. The summed E-state index contributed by atoms with van der Waals surface area (Å²) in [6.45, 7) is 7.09. The topological polar surface area (TPSA) is 66.9 Å². The van der Waals surface area contributed by atoms with E-state index in [1.807, 2.05) is 26.8 Å². The number of nitrogens with one attached hydrogen (secondary N) is 2. The summed E-state index contributed by atoms with van der Waals surface area (Å²) in [7, 11) is 0. The first-order chi connectivity index (χ1) is 8.08. The molecule has 94 valence electrons. The van der Waals surface area contributed by atoms with Gasteiger partial charge in [0.2, 0.25) is 5.91 Å². The van der Waals surface area contributed by atoms with Crippen LogP contribution in [0.4, 0.5) is 0 Å². The molecule has 0 fully saturated rings. The van der Waals surface area contributed by atoms with E-state index in [1.165, 1.54) is 0 Å². The van der Waals surface area contributed by atoms with Crippen LogP contribution in [0.25, 0.3) is 0 Å². The van der Waals surface area contributed by atoms with Gasteiger partial charge in [0.15, 0.2) is 0 Å². The molecule has 0 aromatic carbocycles. The quantitative estimate of drug-likeness (QED) is 0.717. The fourth-order valence-electron chi connectivity index (χ4n) is 1.42. The van der Waals surface area contributed by atoms with Gasteiger partial charge in [-0.05, 0) is 26.8 Å². The third kappa shape index (κ3) is 5.97. The molecule has 1 heterocycles. The van der Waals surface area contributed by atoms with Gasteiger partial charge in [0.25, 0.3) is 0 Å². The SMILES string of the molecule is Cc1nccc(CNCCC(=O)NC(C)C)n1. The fraction of sp³-hybridized carbons (Fsp3) is 0.583. The van der Waals surface area contributed by atoms with Crippen molar-refractivity contribution in [3.05, 3.63) is 23.8 Å². The van der Waals surface area contributed by atoms with Crippen LogP contribution < -0.4 is 10.6 Å². The lowest BCUT2D eigenvalue weighted by Gasteiger charge is -2.08. The van der Waals surface area contributed by atoms with Gasteiger partial charge in [-0.2, -0.15) is 0 Å². The van der Waals surface area contributed by atoms with E-state index in [-0.39, 0.29) is 11.9 Å². The summed E-state index contributed by atoms with van der Waals surface area (Å²) in [5.41, 5.74) is 0.946. The van der Waals surface area contributed by atoms with Gasteiger partial charge in [0.05, 0.1) is 5.69 Å². The molecule has 1 aromatic heterocycles. The van der Waals surface area contributed by atoms with Crippen LogP contribution in [-0.4, -0.2) is 28.5 Å². The van der Waals surface area contributed by atoms with E-state index in [1.54, 1.807) is 6.20 Å². The van der Waals surface area contributed by atoms with E-state index in [0.717, 1.165) is 11.5 Å². The number of rotatable bonds is 6. The molecule has 0 aliphatic carbocycles. The van der Waals surface area contributed by atoms with E-state index in [0.29, 0.717) is 19.5 Å². The van der Waals surface area contributed by atoms with Crippen molar-refractivity contribution in [3.8, 4) is 0 Å². The lowest BCUT2D eigenvalue weighted by atomic mass is 10.3.